The Labute approximate surface area is 371 Å². The van der Waals surface area contributed by atoms with Gasteiger partial charge in [0.2, 0.25) is 0 Å². The van der Waals surface area contributed by atoms with Gasteiger partial charge in [0.25, 0.3) is 0 Å². The van der Waals surface area contributed by atoms with E-state index in [0.717, 1.165) is 33.4 Å². The largest absolute Gasteiger partial charge is 0.530 e. The zero-order chi connectivity index (χ0) is 44.5. The van der Waals surface area contributed by atoms with Gasteiger partial charge >= 0.3 is 17.2 Å². The van der Waals surface area contributed by atoms with E-state index >= 15 is 0 Å². The molecule has 7 rings (SSSR count). The fraction of sp³-hybridized carbons (Fsp3) is 0.321. The Kier molecular flexibility index (Phi) is 12.9. The Bertz CT molecular complexity index is 2210. The molecule has 0 unspecified atom stereocenters. The van der Waals surface area contributed by atoms with Gasteiger partial charge in [-0.25, -0.2) is 0 Å². The maximum absolute atomic E-state index is 6.90. The van der Waals surface area contributed by atoms with Gasteiger partial charge in [-0.2, -0.15) is 0 Å². The van der Waals surface area contributed by atoms with Crippen molar-refractivity contribution in [2.75, 3.05) is 0 Å². The average Bonchev–Trinajstić information content (AvgIpc) is 3.19. The maximum atomic E-state index is 6.90. The highest BCUT2D eigenvalue weighted by molar-refractivity contribution is 7.43. The molecule has 0 fully saturated rings. The van der Waals surface area contributed by atoms with Crippen LogP contribution in [0.1, 0.15) is 116 Å². The van der Waals surface area contributed by atoms with Gasteiger partial charge in [0.15, 0.2) is 23.0 Å². The van der Waals surface area contributed by atoms with E-state index in [2.05, 4.69) is 119 Å². The Morgan fingerprint density at radius 3 is 0.839 bits per heavy atom. The van der Waals surface area contributed by atoms with Crippen LogP contribution < -0.4 is 31.9 Å². The van der Waals surface area contributed by atoms with E-state index in [1.54, 1.807) is 0 Å². The third kappa shape index (κ3) is 10.5. The molecule has 0 aliphatic carbocycles. The van der Waals surface area contributed by atoms with Crippen LogP contribution in [0.5, 0.6) is 46.0 Å². The third-order valence-corrected chi connectivity index (χ3v) is 12.6. The SMILES string of the molecule is CC(C)(C)c1ccccc1OP(Oc1ccccc1C(C)(C)C)Oc1cccc2c1Oc1c(cccc1OP(Oc1ccccc1C(C)(C)C)Oc1ccccc1C(C)(C)C)C2. The van der Waals surface area contributed by atoms with Crippen molar-refractivity contribution in [1.29, 1.82) is 0 Å². The van der Waals surface area contributed by atoms with Crippen LogP contribution in [0.15, 0.2) is 133 Å². The molecule has 9 heteroatoms. The normalized spacial score (nSPS) is 12.9. The van der Waals surface area contributed by atoms with Crippen molar-refractivity contribution in [3.8, 4) is 46.0 Å². The molecule has 324 valence electrons. The maximum Gasteiger partial charge on any atom is 0.530 e. The number of ether oxygens (including phenoxy) is 1. The van der Waals surface area contributed by atoms with Crippen molar-refractivity contribution >= 4 is 17.2 Å². The molecule has 1 heterocycles. The van der Waals surface area contributed by atoms with Gasteiger partial charge in [0.05, 0.1) is 0 Å². The van der Waals surface area contributed by atoms with Crippen LogP contribution in [-0.2, 0) is 28.1 Å². The summed E-state index contributed by atoms with van der Waals surface area (Å²) in [5, 5.41) is 0. The van der Waals surface area contributed by atoms with Crippen LogP contribution >= 0.6 is 17.2 Å². The van der Waals surface area contributed by atoms with Crippen LogP contribution in [0, 0.1) is 0 Å². The van der Waals surface area contributed by atoms with E-state index < -0.39 is 17.2 Å². The molecule has 0 radical (unpaired) electrons. The first kappa shape index (κ1) is 44.8. The standard InChI is InChI=1S/C53H60O7P2/c1-50(2,3)38-25-13-17-29-42(38)55-61(56-43-30-18-14-26-39(43)51(4,5)6)59-46-33-21-23-36-35-37-24-22-34-47(49(37)54-48(36)46)60-62(57-44-31-19-15-27-40(44)52(7,8)9)58-45-32-20-16-28-41(45)53(10,11)12/h13-34H,35H2,1-12H3. The van der Waals surface area contributed by atoms with Gasteiger partial charge in [-0.3, -0.25) is 0 Å². The summed E-state index contributed by atoms with van der Waals surface area (Å²) < 4.78 is 47.7. The summed E-state index contributed by atoms with van der Waals surface area (Å²) in [7, 11) is -4.10. The minimum absolute atomic E-state index is 0.188. The van der Waals surface area contributed by atoms with Crippen LogP contribution in [0.4, 0.5) is 0 Å². The van der Waals surface area contributed by atoms with Crippen LogP contribution in [0.3, 0.4) is 0 Å². The molecule has 62 heavy (non-hydrogen) atoms. The van der Waals surface area contributed by atoms with Crippen LogP contribution in [0.25, 0.3) is 0 Å². The number of rotatable bonds is 12. The molecule has 0 N–H and O–H groups in total. The van der Waals surface area contributed by atoms with Crippen molar-refractivity contribution in [2.24, 2.45) is 0 Å². The monoisotopic (exact) mass is 870 g/mol. The summed E-state index contributed by atoms with van der Waals surface area (Å²) in [6.07, 6.45) is 0.581. The predicted molar refractivity (Wildman–Crippen MR) is 254 cm³/mol. The lowest BCUT2D eigenvalue weighted by Crippen LogP contribution is -2.16. The lowest BCUT2D eigenvalue weighted by atomic mass is 9.86. The van der Waals surface area contributed by atoms with Crippen molar-refractivity contribution in [3.63, 3.8) is 0 Å². The number of para-hydroxylation sites is 6. The molecular formula is C53H60O7P2. The number of hydrogen-bond donors (Lipinski definition) is 0. The topological polar surface area (TPSA) is 64.6 Å². The summed E-state index contributed by atoms with van der Waals surface area (Å²) in [5.41, 5.74) is 5.34. The predicted octanol–water partition coefficient (Wildman–Crippen LogP) is 16.1. The van der Waals surface area contributed by atoms with E-state index in [1.165, 1.54) is 0 Å². The molecule has 0 amide bonds. The smallest absolute Gasteiger partial charge is 0.449 e. The Balaban J connectivity index is 1.25. The second-order valence-corrected chi connectivity index (χ2v) is 21.7. The van der Waals surface area contributed by atoms with E-state index in [1.807, 2.05) is 97.1 Å². The van der Waals surface area contributed by atoms with Gasteiger partial charge in [-0.15, -0.1) is 0 Å². The van der Waals surface area contributed by atoms with Crippen LogP contribution in [-0.4, -0.2) is 0 Å². The summed E-state index contributed by atoms with van der Waals surface area (Å²) in [6.45, 7) is 26.0. The lowest BCUT2D eigenvalue weighted by Gasteiger charge is -2.29. The van der Waals surface area contributed by atoms with E-state index in [0.29, 0.717) is 52.4 Å². The molecule has 0 bridgehead atoms. The van der Waals surface area contributed by atoms with Gasteiger partial charge in [0.1, 0.15) is 23.0 Å². The molecule has 7 nitrogen and oxygen atoms in total. The van der Waals surface area contributed by atoms with E-state index in [4.69, 9.17) is 31.9 Å². The first-order valence-corrected chi connectivity index (χ1v) is 23.4. The molecule has 6 aromatic carbocycles. The molecule has 1 aliphatic rings. The van der Waals surface area contributed by atoms with Gasteiger partial charge < -0.3 is 31.9 Å². The minimum Gasteiger partial charge on any atom is -0.449 e. The zero-order valence-corrected chi connectivity index (χ0v) is 39.9. The van der Waals surface area contributed by atoms with Crippen molar-refractivity contribution in [2.45, 2.75) is 111 Å². The van der Waals surface area contributed by atoms with Gasteiger partial charge in [-0.1, -0.05) is 180 Å². The molecule has 6 aromatic rings. The summed E-state index contributed by atoms with van der Waals surface area (Å²) in [6, 6.07) is 44.1. The van der Waals surface area contributed by atoms with Crippen molar-refractivity contribution in [3.05, 3.63) is 167 Å². The summed E-state index contributed by atoms with van der Waals surface area (Å²) in [4.78, 5) is 0. The van der Waals surface area contributed by atoms with E-state index in [-0.39, 0.29) is 21.7 Å². The highest BCUT2D eigenvalue weighted by Crippen LogP contribution is 2.55. The average molecular weight is 871 g/mol. The molecule has 0 spiro atoms. The minimum atomic E-state index is -2.05. The fourth-order valence-electron chi connectivity index (χ4n) is 7.34. The second-order valence-electron chi connectivity index (χ2n) is 19.7. The van der Waals surface area contributed by atoms with Gasteiger partial charge in [0, 0.05) is 39.8 Å². The second kappa shape index (κ2) is 17.9. The lowest BCUT2D eigenvalue weighted by molar-refractivity contribution is 0.352. The van der Waals surface area contributed by atoms with Crippen molar-refractivity contribution in [1.82, 2.24) is 0 Å². The Hall–Kier alpha value is -5.22. The molecule has 0 aromatic heterocycles. The van der Waals surface area contributed by atoms with Crippen LogP contribution in [0.2, 0.25) is 0 Å². The third-order valence-electron chi connectivity index (χ3n) is 10.5. The summed E-state index contributed by atoms with van der Waals surface area (Å²) in [5.74, 6) is 4.88. The molecule has 0 saturated carbocycles. The molecule has 1 aliphatic heterocycles. The number of fused-ring (bicyclic) bond motifs is 2. The Morgan fingerprint density at radius 2 is 0.565 bits per heavy atom. The first-order chi connectivity index (χ1) is 29.3. The Morgan fingerprint density at radius 1 is 0.323 bits per heavy atom. The van der Waals surface area contributed by atoms with Gasteiger partial charge in [-0.05, 0) is 58.1 Å². The van der Waals surface area contributed by atoms with Crippen molar-refractivity contribution < 1.29 is 31.9 Å². The summed E-state index contributed by atoms with van der Waals surface area (Å²) >= 11 is 0. The zero-order valence-electron chi connectivity index (χ0n) is 38.2. The first-order valence-electron chi connectivity index (χ1n) is 21.2. The highest BCUT2D eigenvalue weighted by atomic mass is 31.2. The quantitative estimate of drug-likeness (QED) is 0.113. The molecule has 0 saturated heterocycles. The molecule has 0 atom stereocenters. The fourth-order valence-corrected chi connectivity index (χ4v) is 9.45. The number of hydrogen-bond acceptors (Lipinski definition) is 7. The molecular weight excluding hydrogens is 811 g/mol. The van der Waals surface area contributed by atoms with E-state index in [9.17, 15) is 0 Å². The highest BCUT2D eigenvalue weighted by Gasteiger charge is 2.34. The number of benzene rings is 6.